The Morgan fingerprint density at radius 3 is 2.41 bits per heavy atom. The topological polar surface area (TPSA) is 73.6 Å². The van der Waals surface area contributed by atoms with Crippen molar-refractivity contribution in [2.24, 2.45) is 0 Å². The zero-order valence-corrected chi connectivity index (χ0v) is 12.8. The van der Waals surface area contributed by atoms with E-state index in [-0.39, 0.29) is 5.91 Å². The van der Waals surface area contributed by atoms with Gasteiger partial charge in [0.05, 0.1) is 19.9 Å². The summed E-state index contributed by atoms with van der Waals surface area (Å²) in [6, 6.07) is 12.8. The molecule has 0 atom stereocenters. The van der Waals surface area contributed by atoms with Crippen molar-refractivity contribution in [2.75, 3.05) is 25.3 Å². The highest BCUT2D eigenvalue weighted by Crippen LogP contribution is 2.22. The molecule has 3 N–H and O–H groups in total. The molecule has 0 aliphatic carbocycles. The van der Waals surface area contributed by atoms with Crippen LogP contribution in [-0.2, 0) is 11.2 Å². The molecule has 22 heavy (non-hydrogen) atoms. The van der Waals surface area contributed by atoms with Crippen LogP contribution in [-0.4, -0.2) is 20.1 Å². The number of carbonyl (C=O) groups is 1. The number of anilines is 2. The Bertz CT molecular complexity index is 639. The van der Waals surface area contributed by atoms with Crippen LogP contribution in [0.1, 0.15) is 12.0 Å². The van der Waals surface area contributed by atoms with E-state index in [1.54, 1.807) is 26.4 Å². The SMILES string of the molecule is COc1ccc(NC(=O)CCc2ccc(OC)c(N)c2)cc1. The fourth-order valence-corrected chi connectivity index (χ4v) is 2.10. The van der Waals surface area contributed by atoms with Crippen molar-refractivity contribution in [3.05, 3.63) is 48.0 Å². The Kier molecular flexibility index (Phi) is 5.25. The van der Waals surface area contributed by atoms with E-state index in [1.807, 2.05) is 30.3 Å². The molecule has 0 aliphatic rings. The zero-order valence-electron chi connectivity index (χ0n) is 12.8. The summed E-state index contributed by atoms with van der Waals surface area (Å²) in [7, 11) is 3.18. The van der Waals surface area contributed by atoms with Gasteiger partial charge in [-0.05, 0) is 48.4 Å². The fraction of sp³-hybridized carbons (Fsp3) is 0.235. The molecule has 5 heteroatoms. The van der Waals surface area contributed by atoms with Gasteiger partial charge in [0.1, 0.15) is 11.5 Å². The second-order valence-corrected chi connectivity index (χ2v) is 4.85. The van der Waals surface area contributed by atoms with Crippen LogP contribution in [0.25, 0.3) is 0 Å². The zero-order chi connectivity index (χ0) is 15.9. The predicted molar refractivity (Wildman–Crippen MR) is 87.4 cm³/mol. The minimum absolute atomic E-state index is 0.0421. The number of nitrogens with two attached hydrogens (primary N) is 1. The number of hydrogen-bond donors (Lipinski definition) is 2. The van der Waals surface area contributed by atoms with Gasteiger partial charge in [-0.3, -0.25) is 4.79 Å². The third kappa shape index (κ3) is 4.15. The molecule has 0 bridgehead atoms. The summed E-state index contributed by atoms with van der Waals surface area (Å²) in [6.45, 7) is 0. The van der Waals surface area contributed by atoms with Gasteiger partial charge < -0.3 is 20.5 Å². The summed E-state index contributed by atoms with van der Waals surface area (Å²) in [5.74, 6) is 1.36. The van der Waals surface area contributed by atoms with Gasteiger partial charge >= 0.3 is 0 Å². The van der Waals surface area contributed by atoms with Gasteiger partial charge in [-0.1, -0.05) is 6.07 Å². The Balaban J connectivity index is 1.88. The first-order chi connectivity index (χ1) is 10.6. The van der Waals surface area contributed by atoms with Crippen molar-refractivity contribution in [2.45, 2.75) is 12.8 Å². The molecule has 2 aromatic carbocycles. The molecular weight excluding hydrogens is 280 g/mol. The van der Waals surface area contributed by atoms with Crippen LogP contribution in [0, 0.1) is 0 Å². The molecule has 5 nitrogen and oxygen atoms in total. The number of amides is 1. The van der Waals surface area contributed by atoms with Crippen molar-refractivity contribution in [3.63, 3.8) is 0 Å². The largest absolute Gasteiger partial charge is 0.497 e. The summed E-state index contributed by atoms with van der Waals surface area (Å²) in [5, 5.41) is 2.85. The number of nitrogen functional groups attached to an aromatic ring is 1. The number of carbonyl (C=O) groups excluding carboxylic acids is 1. The van der Waals surface area contributed by atoms with Gasteiger partial charge in [0.25, 0.3) is 0 Å². The molecule has 0 fully saturated rings. The van der Waals surface area contributed by atoms with E-state index in [0.29, 0.717) is 24.3 Å². The minimum Gasteiger partial charge on any atom is -0.497 e. The van der Waals surface area contributed by atoms with Crippen LogP contribution in [0.5, 0.6) is 11.5 Å². The normalized spacial score (nSPS) is 10.1. The van der Waals surface area contributed by atoms with Crippen LogP contribution in [0.15, 0.2) is 42.5 Å². The van der Waals surface area contributed by atoms with Crippen LogP contribution >= 0.6 is 0 Å². The van der Waals surface area contributed by atoms with E-state index in [1.165, 1.54) is 0 Å². The molecule has 0 heterocycles. The molecule has 0 aliphatic heterocycles. The number of ether oxygens (including phenoxy) is 2. The highest BCUT2D eigenvalue weighted by molar-refractivity contribution is 5.90. The van der Waals surface area contributed by atoms with Crippen LogP contribution < -0.4 is 20.5 Å². The maximum absolute atomic E-state index is 11.9. The van der Waals surface area contributed by atoms with E-state index in [2.05, 4.69) is 5.32 Å². The number of rotatable bonds is 6. The van der Waals surface area contributed by atoms with E-state index in [9.17, 15) is 4.79 Å². The Hall–Kier alpha value is -2.69. The third-order valence-corrected chi connectivity index (χ3v) is 3.31. The third-order valence-electron chi connectivity index (χ3n) is 3.31. The average Bonchev–Trinajstić information content (AvgIpc) is 2.54. The van der Waals surface area contributed by atoms with Gasteiger partial charge in [0, 0.05) is 12.1 Å². The molecule has 0 radical (unpaired) electrons. The number of hydrogen-bond acceptors (Lipinski definition) is 4. The molecule has 0 saturated carbocycles. The van der Waals surface area contributed by atoms with Gasteiger partial charge in [-0.2, -0.15) is 0 Å². The van der Waals surface area contributed by atoms with Crippen molar-refractivity contribution < 1.29 is 14.3 Å². The van der Waals surface area contributed by atoms with Crippen molar-refractivity contribution >= 4 is 17.3 Å². The number of aryl methyl sites for hydroxylation is 1. The molecule has 116 valence electrons. The van der Waals surface area contributed by atoms with Crippen LogP contribution in [0.4, 0.5) is 11.4 Å². The molecule has 1 amide bonds. The molecule has 0 aromatic heterocycles. The monoisotopic (exact) mass is 300 g/mol. The first-order valence-electron chi connectivity index (χ1n) is 6.98. The maximum atomic E-state index is 11.9. The van der Waals surface area contributed by atoms with E-state index >= 15 is 0 Å². The lowest BCUT2D eigenvalue weighted by Gasteiger charge is -2.08. The first-order valence-corrected chi connectivity index (χ1v) is 6.98. The lowest BCUT2D eigenvalue weighted by atomic mass is 10.1. The number of methoxy groups -OCH3 is 2. The molecular formula is C17H20N2O3. The van der Waals surface area contributed by atoms with E-state index in [4.69, 9.17) is 15.2 Å². The van der Waals surface area contributed by atoms with Gasteiger partial charge in [0.2, 0.25) is 5.91 Å². The van der Waals surface area contributed by atoms with E-state index < -0.39 is 0 Å². The Morgan fingerprint density at radius 1 is 1.09 bits per heavy atom. The van der Waals surface area contributed by atoms with Gasteiger partial charge in [-0.15, -0.1) is 0 Å². The van der Waals surface area contributed by atoms with Crippen LogP contribution in [0.3, 0.4) is 0 Å². The van der Waals surface area contributed by atoms with Gasteiger partial charge in [-0.25, -0.2) is 0 Å². The smallest absolute Gasteiger partial charge is 0.224 e. The lowest BCUT2D eigenvalue weighted by Crippen LogP contribution is -2.12. The standard InChI is InChI=1S/C17H20N2O3/c1-21-14-7-5-13(6-8-14)19-17(20)10-4-12-3-9-16(22-2)15(18)11-12/h3,5-9,11H,4,10,18H2,1-2H3,(H,19,20). The van der Waals surface area contributed by atoms with Crippen LogP contribution in [0.2, 0.25) is 0 Å². The van der Waals surface area contributed by atoms with Crippen molar-refractivity contribution in [3.8, 4) is 11.5 Å². The predicted octanol–water partition coefficient (Wildman–Crippen LogP) is 2.86. The number of nitrogens with one attached hydrogen (secondary N) is 1. The Labute approximate surface area is 130 Å². The summed E-state index contributed by atoms with van der Waals surface area (Å²) < 4.78 is 10.2. The van der Waals surface area contributed by atoms with Crippen molar-refractivity contribution in [1.82, 2.24) is 0 Å². The highest BCUT2D eigenvalue weighted by Gasteiger charge is 2.05. The lowest BCUT2D eigenvalue weighted by molar-refractivity contribution is -0.116. The molecule has 2 aromatic rings. The molecule has 0 unspecified atom stereocenters. The van der Waals surface area contributed by atoms with Crippen molar-refractivity contribution in [1.29, 1.82) is 0 Å². The van der Waals surface area contributed by atoms with Gasteiger partial charge in [0.15, 0.2) is 0 Å². The summed E-state index contributed by atoms with van der Waals surface area (Å²) >= 11 is 0. The summed E-state index contributed by atoms with van der Waals surface area (Å²) in [5.41, 5.74) is 8.18. The quantitative estimate of drug-likeness (QED) is 0.805. The first kappa shape index (κ1) is 15.7. The summed E-state index contributed by atoms with van der Waals surface area (Å²) in [4.78, 5) is 11.9. The maximum Gasteiger partial charge on any atom is 0.224 e. The fourth-order valence-electron chi connectivity index (χ4n) is 2.10. The number of benzene rings is 2. The molecule has 2 rings (SSSR count). The molecule has 0 spiro atoms. The van der Waals surface area contributed by atoms with E-state index in [0.717, 1.165) is 17.0 Å². The second-order valence-electron chi connectivity index (χ2n) is 4.85. The average molecular weight is 300 g/mol. The molecule has 0 saturated heterocycles. The Morgan fingerprint density at radius 2 is 1.82 bits per heavy atom. The highest BCUT2D eigenvalue weighted by atomic mass is 16.5. The minimum atomic E-state index is -0.0421. The second kappa shape index (κ2) is 7.36. The summed E-state index contributed by atoms with van der Waals surface area (Å²) in [6.07, 6.45) is 1.01.